The smallest absolute Gasteiger partial charge is 0.214 e. The van der Waals surface area contributed by atoms with Crippen LogP contribution in [0.4, 0.5) is 0 Å². The molecule has 1 aliphatic rings. The first-order chi connectivity index (χ1) is 8.01. The molecule has 102 valence electrons. The van der Waals surface area contributed by atoms with Crippen molar-refractivity contribution < 1.29 is 8.42 Å². The Hall–Kier alpha value is -0.130. The number of sulfonamides is 1. The Morgan fingerprint density at radius 2 is 2.00 bits per heavy atom. The van der Waals surface area contributed by atoms with Gasteiger partial charge in [-0.2, -0.15) is 0 Å². The summed E-state index contributed by atoms with van der Waals surface area (Å²) >= 11 is 0. The molecule has 1 aliphatic heterocycles. The first-order valence-electron chi connectivity index (χ1n) is 6.67. The summed E-state index contributed by atoms with van der Waals surface area (Å²) in [5, 5.41) is 3.27. The third-order valence-electron chi connectivity index (χ3n) is 3.74. The summed E-state index contributed by atoms with van der Waals surface area (Å²) in [5.41, 5.74) is 0. The first kappa shape index (κ1) is 14.9. The molecule has 0 aromatic heterocycles. The van der Waals surface area contributed by atoms with Gasteiger partial charge < -0.3 is 5.32 Å². The Balaban J connectivity index is 2.59. The van der Waals surface area contributed by atoms with Crippen LogP contribution in [0.3, 0.4) is 0 Å². The van der Waals surface area contributed by atoms with Crippen LogP contribution in [0.5, 0.6) is 0 Å². The lowest BCUT2D eigenvalue weighted by Gasteiger charge is -2.29. The van der Waals surface area contributed by atoms with Crippen LogP contribution in [-0.4, -0.2) is 44.7 Å². The number of hydrogen-bond acceptors (Lipinski definition) is 3. The topological polar surface area (TPSA) is 49.4 Å². The standard InChI is InChI=1S/C12H26N2O2S/c1-4-12(5-2)14(3)17(15,16)10-11-7-6-8-13-9-11/h11-13H,4-10H2,1-3H3. The van der Waals surface area contributed by atoms with Crippen molar-refractivity contribution in [1.82, 2.24) is 9.62 Å². The minimum atomic E-state index is -3.09. The van der Waals surface area contributed by atoms with Gasteiger partial charge in [-0.15, -0.1) is 0 Å². The van der Waals surface area contributed by atoms with Gasteiger partial charge in [-0.1, -0.05) is 13.8 Å². The molecule has 0 amide bonds. The molecule has 4 nitrogen and oxygen atoms in total. The van der Waals surface area contributed by atoms with Crippen molar-refractivity contribution in [3.63, 3.8) is 0 Å². The molecule has 1 saturated heterocycles. The molecule has 0 saturated carbocycles. The predicted octanol–water partition coefficient (Wildman–Crippen LogP) is 1.44. The van der Waals surface area contributed by atoms with Crippen molar-refractivity contribution in [3.05, 3.63) is 0 Å². The van der Waals surface area contributed by atoms with Crippen molar-refractivity contribution in [2.24, 2.45) is 5.92 Å². The van der Waals surface area contributed by atoms with Crippen LogP contribution in [0, 0.1) is 5.92 Å². The molecule has 1 heterocycles. The van der Waals surface area contributed by atoms with Gasteiger partial charge in [0.15, 0.2) is 0 Å². The van der Waals surface area contributed by atoms with E-state index in [1.165, 1.54) is 0 Å². The van der Waals surface area contributed by atoms with E-state index in [9.17, 15) is 8.42 Å². The Kier molecular flexibility index (Phi) is 5.89. The fourth-order valence-electron chi connectivity index (χ4n) is 2.51. The summed E-state index contributed by atoms with van der Waals surface area (Å²) in [6.07, 6.45) is 3.89. The molecule has 0 radical (unpaired) electrons. The van der Waals surface area contributed by atoms with E-state index in [0.29, 0.717) is 5.75 Å². The molecule has 5 heteroatoms. The number of nitrogens with one attached hydrogen (secondary N) is 1. The van der Waals surface area contributed by atoms with E-state index in [-0.39, 0.29) is 12.0 Å². The van der Waals surface area contributed by atoms with Gasteiger partial charge in [0.1, 0.15) is 0 Å². The number of rotatable bonds is 6. The molecule has 0 aromatic rings. The third-order valence-corrected chi connectivity index (χ3v) is 5.81. The zero-order valence-electron chi connectivity index (χ0n) is 11.3. The van der Waals surface area contributed by atoms with E-state index < -0.39 is 10.0 Å². The summed E-state index contributed by atoms with van der Waals surface area (Å²) < 4.78 is 26.1. The van der Waals surface area contributed by atoms with Gasteiger partial charge in [0.25, 0.3) is 0 Å². The summed E-state index contributed by atoms with van der Waals surface area (Å²) in [6.45, 7) is 5.96. The highest BCUT2D eigenvalue weighted by molar-refractivity contribution is 7.89. The Morgan fingerprint density at radius 3 is 2.47 bits per heavy atom. The molecule has 17 heavy (non-hydrogen) atoms. The lowest BCUT2D eigenvalue weighted by molar-refractivity contribution is 0.339. The highest BCUT2D eigenvalue weighted by Gasteiger charge is 2.28. The molecular formula is C12H26N2O2S. The van der Waals surface area contributed by atoms with Gasteiger partial charge in [-0.05, 0) is 44.7 Å². The number of piperidine rings is 1. The second kappa shape index (κ2) is 6.71. The number of nitrogens with zero attached hydrogens (tertiary/aromatic N) is 1. The Labute approximate surface area is 106 Å². The molecule has 1 fully saturated rings. The van der Waals surface area contributed by atoms with Gasteiger partial charge in [0.2, 0.25) is 10.0 Å². The van der Waals surface area contributed by atoms with Crippen LogP contribution in [0.2, 0.25) is 0 Å². The van der Waals surface area contributed by atoms with E-state index in [1.54, 1.807) is 11.4 Å². The zero-order valence-corrected chi connectivity index (χ0v) is 12.1. The first-order valence-corrected chi connectivity index (χ1v) is 8.28. The largest absolute Gasteiger partial charge is 0.316 e. The summed E-state index contributed by atoms with van der Waals surface area (Å²) in [7, 11) is -1.36. The zero-order chi connectivity index (χ0) is 12.9. The van der Waals surface area contributed by atoms with Crippen molar-refractivity contribution in [1.29, 1.82) is 0 Å². The summed E-state index contributed by atoms with van der Waals surface area (Å²) in [5.74, 6) is 0.582. The lowest BCUT2D eigenvalue weighted by Crippen LogP contribution is -2.42. The van der Waals surface area contributed by atoms with Gasteiger partial charge in [-0.3, -0.25) is 0 Å². The van der Waals surface area contributed by atoms with E-state index >= 15 is 0 Å². The average molecular weight is 262 g/mol. The molecular weight excluding hydrogens is 236 g/mol. The lowest BCUT2D eigenvalue weighted by atomic mass is 10.0. The monoisotopic (exact) mass is 262 g/mol. The van der Waals surface area contributed by atoms with Gasteiger partial charge >= 0.3 is 0 Å². The van der Waals surface area contributed by atoms with Crippen LogP contribution >= 0.6 is 0 Å². The van der Waals surface area contributed by atoms with E-state index in [4.69, 9.17) is 0 Å². The quantitative estimate of drug-likeness (QED) is 0.788. The minimum Gasteiger partial charge on any atom is -0.316 e. The van der Waals surface area contributed by atoms with Crippen molar-refractivity contribution in [2.45, 2.75) is 45.6 Å². The Bertz CT molecular complexity index is 306. The second-order valence-electron chi connectivity index (χ2n) is 4.98. The van der Waals surface area contributed by atoms with Crippen molar-refractivity contribution in [2.75, 3.05) is 25.9 Å². The molecule has 1 unspecified atom stereocenters. The molecule has 1 atom stereocenters. The minimum absolute atomic E-state index is 0.150. The SMILES string of the molecule is CCC(CC)N(C)S(=O)(=O)CC1CCCNC1. The van der Waals surface area contributed by atoms with Gasteiger partial charge in [-0.25, -0.2) is 12.7 Å². The fourth-order valence-corrected chi connectivity index (χ4v) is 4.38. The molecule has 0 aliphatic carbocycles. The molecule has 0 aromatic carbocycles. The highest BCUT2D eigenvalue weighted by atomic mass is 32.2. The average Bonchev–Trinajstić information content (AvgIpc) is 2.31. The maximum Gasteiger partial charge on any atom is 0.214 e. The predicted molar refractivity (Wildman–Crippen MR) is 71.5 cm³/mol. The molecule has 0 bridgehead atoms. The van der Waals surface area contributed by atoms with E-state index in [2.05, 4.69) is 5.32 Å². The van der Waals surface area contributed by atoms with Gasteiger partial charge in [0.05, 0.1) is 5.75 Å². The maximum absolute atomic E-state index is 12.3. The maximum atomic E-state index is 12.3. The van der Waals surface area contributed by atoms with Crippen LogP contribution in [-0.2, 0) is 10.0 Å². The third kappa shape index (κ3) is 4.23. The Morgan fingerprint density at radius 1 is 1.35 bits per heavy atom. The summed E-state index contributed by atoms with van der Waals surface area (Å²) in [4.78, 5) is 0. The summed E-state index contributed by atoms with van der Waals surface area (Å²) in [6, 6.07) is 0.150. The highest BCUT2D eigenvalue weighted by Crippen LogP contribution is 2.17. The van der Waals surface area contributed by atoms with Crippen molar-refractivity contribution in [3.8, 4) is 0 Å². The van der Waals surface area contributed by atoms with Crippen LogP contribution < -0.4 is 5.32 Å². The fraction of sp³-hybridized carbons (Fsp3) is 1.00. The van der Waals surface area contributed by atoms with Crippen LogP contribution in [0.15, 0.2) is 0 Å². The number of hydrogen-bond donors (Lipinski definition) is 1. The van der Waals surface area contributed by atoms with Crippen LogP contribution in [0.1, 0.15) is 39.5 Å². The van der Waals surface area contributed by atoms with Gasteiger partial charge in [0, 0.05) is 13.1 Å². The molecule has 1 N–H and O–H groups in total. The molecule has 0 spiro atoms. The normalized spacial score (nSPS) is 22.3. The van der Waals surface area contributed by atoms with E-state index in [1.807, 2.05) is 13.8 Å². The molecule has 1 rings (SSSR count). The second-order valence-corrected chi connectivity index (χ2v) is 7.05. The van der Waals surface area contributed by atoms with Crippen molar-refractivity contribution >= 4 is 10.0 Å². The van der Waals surface area contributed by atoms with E-state index in [0.717, 1.165) is 38.8 Å². The van der Waals surface area contributed by atoms with Crippen LogP contribution in [0.25, 0.3) is 0 Å².